The van der Waals surface area contributed by atoms with Gasteiger partial charge >= 0.3 is 6.18 Å². The van der Waals surface area contributed by atoms with E-state index in [1.54, 1.807) is 57.1 Å². The molecular weight excluding hydrogens is 373 g/mol. The normalized spacial score (nSPS) is 11.7. The van der Waals surface area contributed by atoms with Crippen molar-refractivity contribution < 1.29 is 18.0 Å². The molecule has 0 aliphatic carbocycles. The summed E-state index contributed by atoms with van der Waals surface area (Å²) in [5, 5.41) is 13.6. The highest BCUT2D eigenvalue weighted by Gasteiger charge is 2.38. The van der Waals surface area contributed by atoms with Gasteiger partial charge in [-0.1, -0.05) is 12.1 Å². The van der Waals surface area contributed by atoms with Gasteiger partial charge in [0.15, 0.2) is 11.5 Å². The van der Waals surface area contributed by atoms with Crippen LogP contribution in [0.15, 0.2) is 24.3 Å². The van der Waals surface area contributed by atoms with Gasteiger partial charge in [0.05, 0.1) is 0 Å². The zero-order valence-corrected chi connectivity index (χ0v) is 15.8. The van der Waals surface area contributed by atoms with Crippen molar-refractivity contribution in [1.29, 1.82) is 0 Å². The van der Waals surface area contributed by atoms with Gasteiger partial charge in [-0.15, -0.1) is 15.3 Å². The van der Waals surface area contributed by atoms with Gasteiger partial charge in [0.2, 0.25) is 0 Å². The van der Waals surface area contributed by atoms with Crippen LogP contribution >= 0.6 is 0 Å². The second-order valence-corrected chi connectivity index (χ2v) is 6.46. The number of hydrogen-bond acceptors (Lipinski definition) is 5. The molecule has 0 spiro atoms. The van der Waals surface area contributed by atoms with Gasteiger partial charge < -0.3 is 10.2 Å². The molecule has 10 heteroatoms. The highest BCUT2D eigenvalue weighted by atomic mass is 19.4. The van der Waals surface area contributed by atoms with Crippen LogP contribution in [0.2, 0.25) is 0 Å². The van der Waals surface area contributed by atoms with Crippen molar-refractivity contribution in [2.75, 3.05) is 19.0 Å². The number of alkyl halides is 3. The fourth-order valence-corrected chi connectivity index (χ4v) is 2.91. The van der Waals surface area contributed by atoms with Crippen LogP contribution in [0.3, 0.4) is 0 Å². The molecule has 0 aliphatic heterocycles. The third-order valence-corrected chi connectivity index (χ3v) is 4.55. The first-order chi connectivity index (χ1) is 13.1. The fourth-order valence-electron chi connectivity index (χ4n) is 2.91. The summed E-state index contributed by atoms with van der Waals surface area (Å²) in [6, 6.07) is 6.97. The molecule has 1 N–H and O–H groups in total. The lowest BCUT2D eigenvalue weighted by Crippen LogP contribution is -2.22. The molecule has 0 radical (unpaired) electrons. The molecule has 0 aliphatic rings. The van der Waals surface area contributed by atoms with E-state index in [0.29, 0.717) is 23.5 Å². The molecule has 3 aromatic rings. The van der Waals surface area contributed by atoms with Crippen molar-refractivity contribution in [3.63, 3.8) is 0 Å². The van der Waals surface area contributed by atoms with E-state index < -0.39 is 12.0 Å². The molecule has 3 rings (SSSR count). The smallest absolute Gasteiger partial charge is 0.355 e. The first kappa shape index (κ1) is 19.6. The third kappa shape index (κ3) is 3.49. The van der Waals surface area contributed by atoms with Crippen LogP contribution in [0.1, 0.15) is 32.9 Å². The number of aromatic nitrogens is 4. The second kappa shape index (κ2) is 7.10. The van der Waals surface area contributed by atoms with E-state index in [1.165, 1.54) is 0 Å². The van der Waals surface area contributed by atoms with E-state index in [1.807, 2.05) is 0 Å². The Morgan fingerprint density at radius 1 is 1.14 bits per heavy atom. The molecule has 0 atom stereocenters. The molecule has 1 amide bonds. The zero-order chi connectivity index (χ0) is 20.6. The number of amides is 1. The largest absolute Gasteiger partial charge is 0.453 e. The highest BCUT2D eigenvalue weighted by Crippen LogP contribution is 2.30. The van der Waals surface area contributed by atoms with Crippen LogP contribution < -0.4 is 10.2 Å². The summed E-state index contributed by atoms with van der Waals surface area (Å²) in [4.78, 5) is 13.4. The van der Waals surface area contributed by atoms with Gasteiger partial charge in [0, 0.05) is 37.3 Å². The Bertz CT molecular complexity index is 1030. The maximum atomic E-state index is 13.2. The number of fused-ring (bicyclic) bond motifs is 1. The molecular formula is C18H19F3N6O. The second-order valence-electron chi connectivity index (χ2n) is 6.46. The predicted molar refractivity (Wildman–Crippen MR) is 97.2 cm³/mol. The SMILES string of the molecule is CNC(=O)c1ccc(CN(C)c2nn3c(C(F)(F)F)nnc3c(C)c2C)cc1. The number of nitrogens with zero attached hydrogens (tertiary/aromatic N) is 5. The minimum Gasteiger partial charge on any atom is -0.355 e. The first-order valence-electron chi connectivity index (χ1n) is 8.45. The van der Waals surface area contributed by atoms with E-state index in [-0.39, 0.29) is 11.6 Å². The van der Waals surface area contributed by atoms with Crippen molar-refractivity contribution in [2.24, 2.45) is 0 Å². The summed E-state index contributed by atoms with van der Waals surface area (Å²) in [5.41, 5.74) is 2.79. The van der Waals surface area contributed by atoms with Crippen LogP contribution in [-0.4, -0.2) is 39.8 Å². The molecule has 0 saturated carbocycles. The van der Waals surface area contributed by atoms with Gasteiger partial charge in [0.1, 0.15) is 0 Å². The average molecular weight is 392 g/mol. The van der Waals surface area contributed by atoms with Gasteiger partial charge in [0.25, 0.3) is 11.7 Å². The molecule has 0 fully saturated rings. The van der Waals surface area contributed by atoms with Crippen molar-refractivity contribution in [2.45, 2.75) is 26.6 Å². The lowest BCUT2D eigenvalue weighted by Gasteiger charge is -2.21. The maximum Gasteiger partial charge on any atom is 0.453 e. The Balaban J connectivity index is 1.96. The van der Waals surface area contributed by atoms with Crippen molar-refractivity contribution in [1.82, 2.24) is 25.1 Å². The molecule has 0 bridgehead atoms. The average Bonchev–Trinajstić information content (AvgIpc) is 3.09. The first-order valence-corrected chi connectivity index (χ1v) is 8.45. The maximum absolute atomic E-state index is 13.2. The molecule has 7 nitrogen and oxygen atoms in total. The minimum atomic E-state index is -4.65. The van der Waals surface area contributed by atoms with Crippen molar-refractivity contribution in [3.05, 3.63) is 52.3 Å². The number of carbonyl (C=O) groups is 1. The minimum absolute atomic E-state index is 0.0805. The Kier molecular flexibility index (Phi) is 4.97. The quantitative estimate of drug-likeness (QED) is 0.739. The van der Waals surface area contributed by atoms with E-state index in [2.05, 4.69) is 20.6 Å². The number of anilines is 1. The van der Waals surface area contributed by atoms with Crippen molar-refractivity contribution in [3.8, 4) is 0 Å². The summed E-state index contributed by atoms with van der Waals surface area (Å²) in [5.74, 6) is -0.952. The lowest BCUT2D eigenvalue weighted by atomic mass is 10.1. The predicted octanol–water partition coefficient (Wildman–Crippen LogP) is 2.76. The molecule has 0 saturated heterocycles. The Hall–Kier alpha value is -3.17. The number of hydrogen-bond donors (Lipinski definition) is 1. The van der Waals surface area contributed by atoms with Crippen LogP contribution in [0.5, 0.6) is 0 Å². The number of nitrogens with one attached hydrogen (secondary N) is 1. The van der Waals surface area contributed by atoms with Crippen molar-refractivity contribution >= 4 is 17.4 Å². The monoisotopic (exact) mass is 392 g/mol. The van der Waals surface area contributed by atoms with E-state index in [0.717, 1.165) is 15.6 Å². The molecule has 148 valence electrons. The summed E-state index contributed by atoms with van der Waals surface area (Å²) in [7, 11) is 3.29. The standard InChI is InChI=1S/C18H19F3N6O/c1-10-11(2)15(25-27-14(10)23-24-17(27)18(19,20)21)26(4)9-12-5-7-13(8-6-12)16(28)22-3/h5-8H,9H2,1-4H3,(H,22,28). The van der Waals surface area contributed by atoms with Gasteiger partial charge in [-0.3, -0.25) is 4.79 Å². The van der Waals surface area contributed by atoms with E-state index >= 15 is 0 Å². The summed E-state index contributed by atoms with van der Waals surface area (Å²) >= 11 is 0. The molecule has 28 heavy (non-hydrogen) atoms. The number of carbonyl (C=O) groups excluding carboxylic acids is 1. The Morgan fingerprint density at radius 3 is 2.36 bits per heavy atom. The Labute approximate surface area is 159 Å². The van der Waals surface area contributed by atoms with Crippen LogP contribution in [0.4, 0.5) is 19.0 Å². The number of rotatable bonds is 4. The third-order valence-electron chi connectivity index (χ3n) is 4.55. The topological polar surface area (TPSA) is 75.4 Å². The molecule has 0 unspecified atom stereocenters. The van der Waals surface area contributed by atoms with Crippen LogP contribution in [-0.2, 0) is 12.7 Å². The number of halogens is 3. The summed E-state index contributed by atoms with van der Waals surface area (Å²) in [6.45, 7) is 3.87. The molecule has 2 aromatic heterocycles. The van der Waals surface area contributed by atoms with Crippen LogP contribution in [0.25, 0.3) is 5.65 Å². The van der Waals surface area contributed by atoms with Crippen LogP contribution in [0, 0.1) is 13.8 Å². The summed E-state index contributed by atoms with van der Waals surface area (Å²) < 4.78 is 40.3. The van der Waals surface area contributed by atoms with E-state index in [9.17, 15) is 18.0 Å². The number of aryl methyl sites for hydroxylation is 1. The van der Waals surface area contributed by atoms with Gasteiger partial charge in [-0.25, -0.2) is 0 Å². The number of benzene rings is 1. The fraction of sp³-hybridized carbons (Fsp3) is 0.333. The van der Waals surface area contributed by atoms with Gasteiger partial charge in [-0.2, -0.15) is 17.7 Å². The van der Waals surface area contributed by atoms with Gasteiger partial charge in [-0.05, 0) is 31.5 Å². The lowest BCUT2D eigenvalue weighted by molar-refractivity contribution is -0.146. The zero-order valence-electron chi connectivity index (χ0n) is 15.8. The molecule has 2 heterocycles. The highest BCUT2D eigenvalue weighted by molar-refractivity contribution is 5.93. The molecule has 1 aromatic carbocycles. The summed E-state index contributed by atoms with van der Waals surface area (Å²) in [6.07, 6.45) is -4.65. The Morgan fingerprint density at radius 2 is 1.79 bits per heavy atom. The van der Waals surface area contributed by atoms with E-state index in [4.69, 9.17) is 0 Å².